The molecule has 20 heavy (non-hydrogen) atoms. The lowest BCUT2D eigenvalue weighted by Crippen LogP contribution is -2.51. The summed E-state index contributed by atoms with van der Waals surface area (Å²) in [5.41, 5.74) is -0.657. The van der Waals surface area contributed by atoms with Gasteiger partial charge in [0.1, 0.15) is 5.60 Å². The molecular weight excluding hydrogens is 254 g/mol. The first-order valence-electron chi connectivity index (χ1n) is 7.88. The van der Waals surface area contributed by atoms with Crippen molar-refractivity contribution in [1.82, 2.24) is 4.90 Å². The van der Waals surface area contributed by atoms with Crippen LogP contribution in [0.3, 0.4) is 0 Å². The molecule has 0 bridgehead atoms. The first-order chi connectivity index (χ1) is 9.26. The zero-order valence-electron chi connectivity index (χ0n) is 13.8. The van der Waals surface area contributed by atoms with Gasteiger partial charge in [-0.15, -0.1) is 0 Å². The van der Waals surface area contributed by atoms with Crippen molar-refractivity contribution in [3.8, 4) is 0 Å². The molecule has 4 nitrogen and oxygen atoms in total. The second kappa shape index (κ2) is 7.30. The van der Waals surface area contributed by atoms with Crippen LogP contribution in [0.5, 0.6) is 0 Å². The lowest BCUT2D eigenvalue weighted by Gasteiger charge is -2.40. The third-order valence-electron chi connectivity index (χ3n) is 3.51. The Balaban J connectivity index is 2.46. The average molecular weight is 285 g/mol. The summed E-state index contributed by atoms with van der Waals surface area (Å²) in [4.78, 5) is 13.9. The molecule has 118 valence electrons. The summed E-state index contributed by atoms with van der Waals surface area (Å²) in [7, 11) is 0. The first-order valence-corrected chi connectivity index (χ1v) is 7.88. The van der Waals surface area contributed by atoms with Crippen LogP contribution in [0.2, 0.25) is 0 Å². The number of hydrogen-bond acceptors (Lipinski definition) is 3. The van der Waals surface area contributed by atoms with Gasteiger partial charge < -0.3 is 14.4 Å². The summed E-state index contributed by atoms with van der Waals surface area (Å²) in [5, 5.41) is 0. The fourth-order valence-electron chi connectivity index (χ4n) is 2.48. The molecule has 1 rings (SSSR count). The number of ether oxygens (including phenoxy) is 2. The minimum absolute atomic E-state index is 0.219. The van der Waals surface area contributed by atoms with Crippen LogP contribution in [-0.4, -0.2) is 41.9 Å². The highest BCUT2D eigenvalue weighted by atomic mass is 16.6. The van der Waals surface area contributed by atoms with Gasteiger partial charge in [-0.1, -0.05) is 19.8 Å². The molecule has 0 spiro atoms. The van der Waals surface area contributed by atoms with Gasteiger partial charge in [0.05, 0.1) is 12.1 Å². The zero-order valence-corrected chi connectivity index (χ0v) is 13.8. The molecule has 0 aromatic rings. The maximum Gasteiger partial charge on any atom is 0.410 e. The predicted octanol–water partition coefficient (Wildman–Crippen LogP) is 3.98. The van der Waals surface area contributed by atoms with Gasteiger partial charge in [0.15, 0.2) is 0 Å². The summed E-state index contributed by atoms with van der Waals surface area (Å²) in [5.74, 6) is 0. The van der Waals surface area contributed by atoms with Crippen LogP contribution in [0.4, 0.5) is 4.79 Å². The molecule has 1 saturated heterocycles. The largest absolute Gasteiger partial charge is 0.444 e. The maximum atomic E-state index is 12.1. The highest BCUT2D eigenvalue weighted by Crippen LogP contribution is 2.26. The van der Waals surface area contributed by atoms with E-state index < -0.39 is 5.60 Å². The second-order valence-corrected chi connectivity index (χ2v) is 7.01. The number of carbonyl (C=O) groups is 1. The maximum absolute atomic E-state index is 12.1. The molecule has 4 heteroatoms. The minimum Gasteiger partial charge on any atom is -0.444 e. The van der Waals surface area contributed by atoms with Gasteiger partial charge in [-0.3, -0.25) is 0 Å². The SMILES string of the molecule is CCCCCOC1(C)CCCN(C(=O)OC(C)(C)C)C1. The Kier molecular flexibility index (Phi) is 6.31. The summed E-state index contributed by atoms with van der Waals surface area (Å²) < 4.78 is 11.5. The van der Waals surface area contributed by atoms with Crippen molar-refractivity contribution in [2.24, 2.45) is 0 Å². The quantitative estimate of drug-likeness (QED) is 0.717. The van der Waals surface area contributed by atoms with Gasteiger partial charge in [-0.2, -0.15) is 0 Å². The smallest absolute Gasteiger partial charge is 0.410 e. The van der Waals surface area contributed by atoms with E-state index in [1.807, 2.05) is 20.8 Å². The summed E-state index contributed by atoms with van der Waals surface area (Å²) in [6.07, 6.45) is 5.26. The Morgan fingerprint density at radius 1 is 1.30 bits per heavy atom. The molecule has 1 fully saturated rings. The average Bonchev–Trinajstić information content (AvgIpc) is 2.33. The zero-order chi connectivity index (χ0) is 15.2. The molecule has 1 atom stereocenters. The van der Waals surface area contributed by atoms with E-state index in [-0.39, 0.29) is 11.7 Å². The Bertz CT molecular complexity index is 311. The topological polar surface area (TPSA) is 38.8 Å². The van der Waals surface area contributed by atoms with Gasteiger partial charge in [-0.05, 0) is 47.0 Å². The summed E-state index contributed by atoms with van der Waals surface area (Å²) in [6, 6.07) is 0. The molecule has 1 aliphatic rings. The van der Waals surface area contributed by atoms with E-state index in [0.717, 1.165) is 32.4 Å². The molecule has 0 N–H and O–H groups in total. The second-order valence-electron chi connectivity index (χ2n) is 7.01. The van der Waals surface area contributed by atoms with Gasteiger partial charge >= 0.3 is 6.09 Å². The Labute approximate surface area is 123 Å². The van der Waals surface area contributed by atoms with Crippen LogP contribution < -0.4 is 0 Å². The molecule has 1 aliphatic heterocycles. The van der Waals surface area contributed by atoms with E-state index in [9.17, 15) is 4.79 Å². The van der Waals surface area contributed by atoms with Gasteiger partial charge in [0.25, 0.3) is 0 Å². The van der Waals surface area contributed by atoms with Crippen LogP contribution in [0.25, 0.3) is 0 Å². The number of amides is 1. The van der Waals surface area contributed by atoms with Crippen molar-refractivity contribution in [2.45, 2.75) is 77.9 Å². The summed E-state index contributed by atoms with van der Waals surface area (Å²) in [6.45, 7) is 12.2. The number of likely N-dealkylation sites (tertiary alicyclic amines) is 1. The van der Waals surface area contributed by atoms with E-state index >= 15 is 0 Å². The van der Waals surface area contributed by atoms with Gasteiger partial charge in [-0.25, -0.2) is 4.79 Å². The number of carbonyl (C=O) groups excluding carboxylic acids is 1. The Hall–Kier alpha value is -0.770. The van der Waals surface area contributed by atoms with Crippen LogP contribution in [0.1, 0.15) is 66.7 Å². The molecular formula is C16H31NO3. The van der Waals surface area contributed by atoms with Gasteiger partial charge in [0, 0.05) is 13.2 Å². The lowest BCUT2D eigenvalue weighted by atomic mass is 9.95. The molecule has 0 aromatic carbocycles. The highest BCUT2D eigenvalue weighted by Gasteiger charge is 2.35. The van der Waals surface area contributed by atoms with Crippen molar-refractivity contribution >= 4 is 6.09 Å². The fraction of sp³-hybridized carbons (Fsp3) is 0.938. The number of unbranched alkanes of at least 4 members (excludes halogenated alkanes) is 2. The van der Waals surface area contributed by atoms with Crippen LogP contribution in [0.15, 0.2) is 0 Å². The molecule has 1 amide bonds. The number of piperidine rings is 1. The van der Waals surface area contributed by atoms with E-state index in [4.69, 9.17) is 9.47 Å². The van der Waals surface area contributed by atoms with E-state index in [2.05, 4.69) is 13.8 Å². The van der Waals surface area contributed by atoms with Gasteiger partial charge in [0.2, 0.25) is 0 Å². The van der Waals surface area contributed by atoms with E-state index in [1.165, 1.54) is 12.8 Å². The normalized spacial score (nSPS) is 23.8. The third-order valence-corrected chi connectivity index (χ3v) is 3.51. The molecule has 1 unspecified atom stereocenters. The molecule has 0 aliphatic carbocycles. The summed E-state index contributed by atoms with van der Waals surface area (Å²) >= 11 is 0. The van der Waals surface area contributed by atoms with Crippen molar-refractivity contribution < 1.29 is 14.3 Å². The molecule has 1 heterocycles. The third kappa shape index (κ3) is 6.12. The molecule has 0 aromatic heterocycles. The lowest BCUT2D eigenvalue weighted by molar-refractivity contribution is -0.0806. The Morgan fingerprint density at radius 3 is 2.60 bits per heavy atom. The van der Waals surface area contributed by atoms with Crippen molar-refractivity contribution in [3.05, 3.63) is 0 Å². The predicted molar refractivity (Wildman–Crippen MR) is 80.9 cm³/mol. The monoisotopic (exact) mass is 285 g/mol. The van der Waals surface area contributed by atoms with Crippen LogP contribution in [0, 0.1) is 0 Å². The molecule has 0 radical (unpaired) electrons. The number of hydrogen-bond donors (Lipinski definition) is 0. The highest BCUT2D eigenvalue weighted by molar-refractivity contribution is 5.68. The van der Waals surface area contributed by atoms with E-state index in [1.54, 1.807) is 4.90 Å². The first kappa shape index (κ1) is 17.3. The van der Waals surface area contributed by atoms with Crippen molar-refractivity contribution in [3.63, 3.8) is 0 Å². The minimum atomic E-state index is -0.438. The van der Waals surface area contributed by atoms with Crippen molar-refractivity contribution in [2.75, 3.05) is 19.7 Å². The number of nitrogens with zero attached hydrogens (tertiary/aromatic N) is 1. The van der Waals surface area contributed by atoms with Crippen LogP contribution in [-0.2, 0) is 9.47 Å². The number of rotatable bonds is 5. The van der Waals surface area contributed by atoms with Crippen LogP contribution >= 0.6 is 0 Å². The molecule has 0 saturated carbocycles. The van der Waals surface area contributed by atoms with E-state index in [0.29, 0.717) is 6.54 Å². The standard InChI is InChI=1S/C16H31NO3/c1-6-7-8-12-19-16(5)10-9-11-17(13-16)14(18)20-15(2,3)4/h6-13H2,1-5H3. The van der Waals surface area contributed by atoms with Crippen molar-refractivity contribution in [1.29, 1.82) is 0 Å². The Morgan fingerprint density at radius 2 is 2.00 bits per heavy atom. The fourth-order valence-corrected chi connectivity index (χ4v) is 2.48.